The topological polar surface area (TPSA) is 38.7 Å². The van der Waals surface area contributed by atoms with Crippen molar-refractivity contribution in [3.8, 4) is 0 Å². The Balaban J connectivity index is 2.39. The normalized spacial score (nSPS) is 35.4. The fourth-order valence-corrected chi connectivity index (χ4v) is 1.59. The third kappa shape index (κ3) is 2.22. The largest absolute Gasteiger partial charge is 0.396 e. The third-order valence-corrected chi connectivity index (χ3v) is 2.32. The van der Waals surface area contributed by atoms with Crippen LogP contribution in [-0.2, 0) is 9.47 Å². The van der Waals surface area contributed by atoms with Crippen LogP contribution in [0.2, 0.25) is 6.82 Å². The second-order valence-electron chi connectivity index (χ2n) is 3.07. The molecular formula is C8H16BO3. The van der Waals surface area contributed by atoms with Crippen molar-refractivity contribution in [1.82, 2.24) is 0 Å². The summed E-state index contributed by atoms with van der Waals surface area (Å²) in [6.07, 6.45) is 1.81. The number of hydrogen-bond acceptors (Lipinski definition) is 3. The van der Waals surface area contributed by atoms with Crippen molar-refractivity contribution >= 4 is 7.28 Å². The highest BCUT2D eigenvalue weighted by Crippen LogP contribution is 2.24. The van der Waals surface area contributed by atoms with Crippen molar-refractivity contribution in [1.29, 1.82) is 0 Å². The molecule has 12 heavy (non-hydrogen) atoms. The zero-order valence-corrected chi connectivity index (χ0v) is 7.69. The van der Waals surface area contributed by atoms with Crippen LogP contribution in [0.4, 0.5) is 0 Å². The summed E-state index contributed by atoms with van der Waals surface area (Å²) in [6, 6.07) is 0.200. The molecule has 1 fully saturated rings. The quantitative estimate of drug-likeness (QED) is 0.616. The lowest BCUT2D eigenvalue weighted by atomic mass is 9.73. The fourth-order valence-electron chi connectivity index (χ4n) is 1.59. The number of hydrogen-bond donors (Lipinski definition) is 1. The average Bonchev–Trinajstić information content (AvgIpc) is 2.48. The highest BCUT2D eigenvalue weighted by Gasteiger charge is 2.33. The SMILES string of the molecule is C[B][C@H]1CC(OC)[C@@H](CCO)O1. The highest BCUT2D eigenvalue weighted by atomic mass is 16.6. The summed E-state index contributed by atoms with van der Waals surface area (Å²) in [5, 5.41) is 8.75. The van der Waals surface area contributed by atoms with Crippen LogP contribution in [0.3, 0.4) is 0 Å². The minimum absolute atomic E-state index is 0.0706. The second kappa shape index (κ2) is 4.85. The molecule has 1 heterocycles. The van der Waals surface area contributed by atoms with E-state index in [1.165, 1.54) is 0 Å². The molecule has 4 heteroatoms. The Labute approximate surface area is 74.3 Å². The van der Waals surface area contributed by atoms with Crippen LogP contribution >= 0.6 is 0 Å². The molecule has 1 aliphatic heterocycles. The molecule has 0 spiro atoms. The highest BCUT2D eigenvalue weighted by molar-refractivity contribution is 6.35. The van der Waals surface area contributed by atoms with Crippen LogP contribution in [0.25, 0.3) is 0 Å². The van der Waals surface area contributed by atoms with E-state index in [9.17, 15) is 0 Å². The summed E-state index contributed by atoms with van der Waals surface area (Å²) in [7, 11) is 3.72. The molecule has 0 aromatic carbocycles. The Kier molecular flexibility index (Phi) is 4.05. The maximum atomic E-state index is 8.75. The van der Waals surface area contributed by atoms with Crippen molar-refractivity contribution in [3.63, 3.8) is 0 Å². The van der Waals surface area contributed by atoms with Gasteiger partial charge in [-0.3, -0.25) is 0 Å². The molecule has 1 saturated heterocycles. The van der Waals surface area contributed by atoms with E-state index in [-0.39, 0.29) is 24.8 Å². The van der Waals surface area contributed by atoms with Gasteiger partial charge >= 0.3 is 0 Å². The molecule has 1 N–H and O–H groups in total. The number of methoxy groups -OCH3 is 1. The van der Waals surface area contributed by atoms with Gasteiger partial charge in [-0.25, -0.2) is 0 Å². The van der Waals surface area contributed by atoms with E-state index in [4.69, 9.17) is 14.6 Å². The van der Waals surface area contributed by atoms with Gasteiger partial charge in [0.05, 0.1) is 12.2 Å². The van der Waals surface area contributed by atoms with Gasteiger partial charge in [-0.05, 0) is 12.8 Å². The van der Waals surface area contributed by atoms with Crippen molar-refractivity contribution < 1.29 is 14.6 Å². The van der Waals surface area contributed by atoms with Crippen LogP contribution in [0.5, 0.6) is 0 Å². The van der Waals surface area contributed by atoms with Crippen LogP contribution < -0.4 is 0 Å². The van der Waals surface area contributed by atoms with E-state index in [2.05, 4.69) is 0 Å². The smallest absolute Gasteiger partial charge is 0.146 e. The van der Waals surface area contributed by atoms with E-state index in [1.54, 1.807) is 7.11 Å². The van der Waals surface area contributed by atoms with Crippen LogP contribution in [0, 0.1) is 0 Å². The molecule has 0 amide bonds. The van der Waals surface area contributed by atoms with Crippen LogP contribution in [0.1, 0.15) is 12.8 Å². The van der Waals surface area contributed by atoms with E-state index < -0.39 is 0 Å². The van der Waals surface area contributed by atoms with Crippen LogP contribution in [-0.4, -0.2) is 44.3 Å². The first-order valence-electron chi connectivity index (χ1n) is 4.40. The summed E-state index contributed by atoms with van der Waals surface area (Å²) in [4.78, 5) is 0. The average molecular weight is 171 g/mol. The summed E-state index contributed by atoms with van der Waals surface area (Å²) in [5.41, 5.74) is 0. The number of aliphatic hydroxyl groups is 1. The molecule has 0 aromatic heterocycles. The first kappa shape index (κ1) is 10.0. The fraction of sp³-hybridized carbons (Fsp3) is 1.00. The first-order valence-corrected chi connectivity index (χ1v) is 4.40. The maximum absolute atomic E-state index is 8.75. The molecule has 1 unspecified atom stereocenters. The van der Waals surface area contributed by atoms with Gasteiger partial charge in [0.15, 0.2) is 0 Å². The van der Waals surface area contributed by atoms with Gasteiger partial charge in [0.2, 0.25) is 0 Å². The Hall–Kier alpha value is -0.0551. The minimum atomic E-state index is 0.0706. The van der Waals surface area contributed by atoms with Gasteiger partial charge in [-0.15, -0.1) is 0 Å². The minimum Gasteiger partial charge on any atom is -0.396 e. The zero-order valence-electron chi connectivity index (χ0n) is 7.69. The van der Waals surface area contributed by atoms with E-state index in [1.807, 2.05) is 14.1 Å². The molecule has 0 bridgehead atoms. The van der Waals surface area contributed by atoms with Crippen molar-refractivity contribution in [3.05, 3.63) is 0 Å². The standard InChI is InChI=1S/C8H16BO3/c1-9-8-5-7(11-2)6(12-8)3-4-10/h6-8,10H,3-5H2,1-2H3/t6-,7?,8-/m1/s1. The molecule has 0 aliphatic carbocycles. The lowest BCUT2D eigenvalue weighted by molar-refractivity contribution is -0.00313. The molecule has 1 aliphatic rings. The second-order valence-corrected chi connectivity index (χ2v) is 3.07. The van der Waals surface area contributed by atoms with E-state index in [0.717, 1.165) is 6.42 Å². The lowest BCUT2D eigenvalue weighted by Gasteiger charge is -2.15. The molecule has 0 saturated carbocycles. The number of aliphatic hydroxyl groups excluding tert-OH is 1. The molecule has 3 nitrogen and oxygen atoms in total. The zero-order chi connectivity index (χ0) is 8.97. The van der Waals surface area contributed by atoms with Gasteiger partial charge in [0.25, 0.3) is 0 Å². The number of ether oxygens (including phenoxy) is 2. The summed E-state index contributed by atoms with van der Waals surface area (Å²) >= 11 is 0. The van der Waals surface area contributed by atoms with Gasteiger partial charge in [0, 0.05) is 19.7 Å². The predicted molar refractivity (Wildman–Crippen MR) is 47.4 cm³/mol. The van der Waals surface area contributed by atoms with Crippen molar-refractivity contribution in [2.75, 3.05) is 13.7 Å². The van der Waals surface area contributed by atoms with Gasteiger partial charge in [0.1, 0.15) is 7.28 Å². The Morgan fingerprint density at radius 1 is 1.67 bits per heavy atom. The predicted octanol–water partition coefficient (Wildman–Crippen LogP) is 0.251. The Bertz CT molecular complexity index is 131. The van der Waals surface area contributed by atoms with Gasteiger partial charge < -0.3 is 14.6 Å². The Morgan fingerprint density at radius 3 is 2.92 bits per heavy atom. The summed E-state index contributed by atoms with van der Waals surface area (Å²) < 4.78 is 10.9. The monoisotopic (exact) mass is 171 g/mol. The van der Waals surface area contributed by atoms with E-state index in [0.29, 0.717) is 6.42 Å². The molecule has 69 valence electrons. The van der Waals surface area contributed by atoms with Gasteiger partial charge in [-0.2, -0.15) is 0 Å². The van der Waals surface area contributed by atoms with E-state index >= 15 is 0 Å². The first-order chi connectivity index (χ1) is 5.81. The molecule has 3 atom stereocenters. The Morgan fingerprint density at radius 2 is 2.42 bits per heavy atom. The lowest BCUT2D eigenvalue weighted by Crippen LogP contribution is -2.24. The maximum Gasteiger partial charge on any atom is 0.146 e. The molecule has 1 rings (SSSR count). The summed E-state index contributed by atoms with van der Waals surface area (Å²) in [6.45, 7) is 2.15. The van der Waals surface area contributed by atoms with Crippen molar-refractivity contribution in [2.24, 2.45) is 0 Å². The molecular weight excluding hydrogens is 155 g/mol. The number of rotatable bonds is 4. The molecule has 0 aromatic rings. The van der Waals surface area contributed by atoms with Gasteiger partial charge in [-0.1, -0.05) is 6.82 Å². The third-order valence-electron chi connectivity index (χ3n) is 2.32. The summed E-state index contributed by atoms with van der Waals surface area (Å²) in [5.74, 6) is 0. The molecule has 1 radical (unpaired) electrons. The van der Waals surface area contributed by atoms with Crippen molar-refractivity contribution in [2.45, 2.75) is 37.9 Å². The van der Waals surface area contributed by atoms with Crippen LogP contribution in [0.15, 0.2) is 0 Å².